The number of carboxylic acid groups (broad SMARTS) is 1. The summed E-state index contributed by atoms with van der Waals surface area (Å²) in [5.41, 5.74) is 1.99. The maximum Gasteiger partial charge on any atom is 0.407 e. The molecule has 9 heteroatoms. The Morgan fingerprint density at radius 3 is 2.24 bits per heavy atom. The predicted octanol–water partition coefficient (Wildman–Crippen LogP) is 3.21. The minimum atomic E-state index is -3.87. The third kappa shape index (κ3) is 5.11. The van der Waals surface area contributed by atoms with Crippen molar-refractivity contribution < 1.29 is 22.7 Å². The van der Waals surface area contributed by atoms with E-state index in [2.05, 4.69) is 9.93 Å². The molecule has 0 spiro atoms. The van der Waals surface area contributed by atoms with Crippen LogP contribution in [0.2, 0.25) is 0 Å². The summed E-state index contributed by atoms with van der Waals surface area (Å²) in [6.45, 7) is 2.51. The molecular weight excluding hydrogens is 397 g/mol. The van der Waals surface area contributed by atoms with Gasteiger partial charge in [-0.1, -0.05) is 29.8 Å². The SMILES string of the molecule is Cc1ccc(S(=O)(=O)NN=C(c2ccc(F)cc2)C2CCN(C(=O)O)CC2)cc1. The highest BCUT2D eigenvalue weighted by atomic mass is 32.2. The van der Waals surface area contributed by atoms with E-state index in [0.717, 1.165) is 5.56 Å². The Balaban J connectivity index is 1.87. The number of rotatable bonds is 5. The Kier molecular flexibility index (Phi) is 6.17. The van der Waals surface area contributed by atoms with Gasteiger partial charge in [0.2, 0.25) is 0 Å². The quantitative estimate of drug-likeness (QED) is 0.574. The molecule has 0 aliphatic carbocycles. The van der Waals surface area contributed by atoms with Crippen molar-refractivity contribution >= 4 is 21.8 Å². The number of aryl methyl sites for hydroxylation is 1. The molecule has 0 aromatic heterocycles. The molecule has 1 heterocycles. The molecule has 7 nitrogen and oxygen atoms in total. The molecule has 154 valence electrons. The summed E-state index contributed by atoms with van der Waals surface area (Å²) in [4.78, 5) is 14.8. The second-order valence-corrected chi connectivity index (χ2v) is 8.62. The van der Waals surface area contributed by atoms with E-state index < -0.39 is 21.9 Å². The van der Waals surface area contributed by atoms with Crippen LogP contribution in [-0.4, -0.2) is 43.3 Å². The average Bonchev–Trinajstić information content (AvgIpc) is 2.70. The first kappa shape index (κ1) is 20.8. The molecule has 0 atom stereocenters. The summed E-state index contributed by atoms with van der Waals surface area (Å²) in [7, 11) is -3.87. The van der Waals surface area contributed by atoms with Gasteiger partial charge in [0.1, 0.15) is 5.82 Å². The van der Waals surface area contributed by atoms with Crippen LogP contribution >= 0.6 is 0 Å². The van der Waals surface area contributed by atoms with Gasteiger partial charge in [-0.05, 0) is 49.6 Å². The highest BCUT2D eigenvalue weighted by molar-refractivity contribution is 7.89. The number of hydrazone groups is 1. The first-order valence-electron chi connectivity index (χ1n) is 9.16. The van der Waals surface area contributed by atoms with E-state index in [-0.39, 0.29) is 10.8 Å². The first-order valence-corrected chi connectivity index (χ1v) is 10.6. The maximum atomic E-state index is 13.3. The van der Waals surface area contributed by atoms with E-state index in [1.54, 1.807) is 12.1 Å². The number of piperidine rings is 1. The first-order chi connectivity index (χ1) is 13.8. The maximum absolute atomic E-state index is 13.3. The van der Waals surface area contributed by atoms with Crippen LogP contribution < -0.4 is 4.83 Å². The standard InChI is InChI=1S/C20H22FN3O4S/c1-14-2-8-18(9-3-14)29(27,28)23-22-19(15-4-6-17(21)7-5-15)16-10-12-24(13-11-16)20(25)26/h2-9,16,23H,10-13H2,1H3,(H,25,26). The summed E-state index contributed by atoms with van der Waals surface area (Å²) in [5, 5.41) is 13.3. The van der Waals surface area contributed by atoms with Crippen LogP contribution in [0.15, 0.2) is 58.5 Å². The average molecular weight is 419 g/mol. The number of amides is 1. The lowest BCUT2D eigenvalue weighted by atomic mass is 9.88. The van der Waals surface area contributed by atoms with Crippen LogP contribution in [0.3, 0.4) is 0 Å². The molecule has 1 amide bonds. The molecule has 29 heavy (non-hydrogen) atoms. The molecule has 0 saturated carbocycles. The number of hydrogen-bond donors (Lipinski definition) is 2. The third-order valence-electron chi connectivity index (χ3n) is 4.91. The van der Waals surface area contributed by atoms with Gasteiger partial charge in [-0.3, -0.25) is 0 Å². The van der Waals surface area contributed by atoms with Gasteiger partial charge in [0.25, 0.3) is 10.0 Å². The smallest absolute Gasteiger partial charge is 0.407 e. The Hall–Kier alpha value is -2.94. The Bertz CT molecular complexity index is 997. The van der Waals surface area contributed by atoms with Crippen molar-refractivity contribution in [1.82, 2.24) is 9.73 Å². The predicted molar refractivity (Wildman–Crippen MR) is 107 cm³/mol. The van der Waals surface area contributed by atoms with Crippen molar-refractivity contribution in [2.75, 3.05) is 13.1 Å². The molecule has 0 bridgehead atoms. The fourth-order valence-electron chi connectivity index (χ4n) is 3.24. The fourth-order valence-corrected chi connectivity index (χ4v) is 4.05. The van der Waals surface area contributed by atoms with Crippen molar-refractivity contribution in [3.8, 4) is 0 Å². The molecule has 1 saturated heterocycles. The van der Waals surface area contributed by atoms with Gasteiger partial charge < -0.3 is 10.0 Å². The van der Waals surface area contributed by atoms with Gasteiger partial charge in [0.15, 0.2) is 0 Å². The van der Waals surface area contributed by atoms with Crippen molar-refractivity contribution in [2.45, 2.75) is 24.7 Å². The topological polar surface area (TPSA) is 99.1 Å². The monoisotopic (exact) mass is 419 g/mol. The van der Waals surface area contributed by atoms with Gasteiger partial charge in [0.05, 0.1) is 10.6 Å². The number of carbonyl (C=O) groups is 1. The number of hydrogen-bond acceptors (Lipinski definition) is 4. The lowest BCUT2D eigenvalue weighted by molar-refractivity contribution is 0.131. The number of nitrogens with one attached hydrogen (secondary N) is 1. The van der Waals surface area contributed by atoms with E-state index in [1.807, 2.05) is 6.92 Å². The van der Waals surface area contributed by atoms with Gasteiger partial charge in [0, 0.05) is 19.0 Å². The van der Waals surface area contributed by atoms with E-state index in [4.69, 9.17) is 5.11 Å². The van der Waals surface area contributed by atoms with E-state index >= 15 is 0 Å². The molecule has 0 radical (unpaired) electrons. The summed E-state index contributed by atoms with van der Waals surface area (Å²) >= 11 is 0. The summed E-state index contributed by atoms with van der Waals surface area (Å²) in [5.74, 6) is -0.564. The molecule has 0 unspecified atom stereocenters. The molecule has 1 aliphatic rings. The molecule has 2 aromatic rings. The van der Waals surface area contributed by atoms with E-state index in [1.165, 1.54) is 41.3 Å². The lowest BCUT2D eigenvalue weighted by Crippen LogP contribution is -2.40. The minimum absolute atomic E-state index is 0.0889. The van der Waals surface area contributed by atoms with Crippen molar-refractivity contribution in [1.29, 1.82) is 0 Å². The third-order valence-corrected chi connectivity index (χ3v) is 6.13. The summed E-state index contributed by atoms with van der Waals surface area (Å²) in [6, 6.07) is 12.0. The highest BCUT2D eigenvalue weighted by Crippen LogP contribution is 2.23. The van der Waals surface area contributed by atoms with Crippen LogP contribution in [0.1, 0.15) is 24.0 Å². The van der Waals surface area contributed by atoms with Crippen LogP contribution in [0.4, 0.5) is 9.18 Å². The largest absolute Gasteiger partial charge is 0.465 e. The Labute approximate surface area is 168 Å². The second-order valence-electron chi connectivity index (χ2n) is 6.96. The summed E-state index contributed by atoms with van der Waals surface area (Å²) in [6.07, 6.45) is 0.00702. The number of likely N-dealkylation sites (tertiary alicyclic amines) is 1. The number of nitrogens with zero attached hydrogens (tertiary/aromatic N) is 2. The van der Waals surface area contributed by atoms with Crippen molar-refractivity contribution in [3.63, 3.8) is 0 Å². The number of benzene rings is 2. The van der Waals surface area contributed by atoms with Crippen molar-refractivity contribution in [2.24, 2.45) is 11.0 Å². The van der Waals surface area contributed by atoms with Gasteiger partial charge in [-0.25, -0.2) is 9.18 Å². The number of halogens is 1. The Morgan fingerprint density at radius 2 is 1.69 bits per heavy atom. The second kappa shape index (κ2) is 8.60. The van der Waals surface area contributed by atoms with Crippen molar-refractivity contribution in [3.05, 3.63) is 65.5 Å². The molecule has 3 rings (SSSR count). The van der Waals surface area contributed by atoms with Gasteiger partial charge in [-0.15, -0.1) is 0 Å². The normalized spacial score (nSPS) is 15.9. The van der Waals surface area contributed by atoms with Gasteiger partial charge >= 0.3 is 6.09 Å². The minimum Gasteiger partial charge on any atom is -0.465 e. The summed E-state index contributed by atoms with van der Waals surface area (Å²) < 4.78 is 38.5. The van der Waals surface area contributed by atoms with Crippen LogP contribution in [0, 0.1) is 18.7 Å². The molecule has 1 fully saturated rings. The van der Waals surface area contributed by atoms with Gasteiger partial charge in [-0.2, -0.15) is 18.4 Å². The molecule has 2 aromatic carbocycles. The number of sulfonamides is 1. The zero-order chi connectivity index (χ0) is 21.0. The fraction of sp³-hybridized carbons (Fsp3) is 0.300. The zero-order valence-electron chi connectivity index (χ0n) is 15.9. The van der Waals surface area contributed by atoms with Crippen LogP contribution in [-0.2, 0) is 10.0 Å². The molecular formula is C20H22FN3O4S. The lowest BCUT2D eigenvalue weighted by Gasteiger charge is -2.30. The van der Waals surface area contributed by atoms with Crippen LogP contribution in [0.5, 0.6) is 0 Å². The zero-order valence-corrected chi connectivity index (χ0v) is 16.7. The van der Waals surface area contributed by atoms with E-state index in [9.17, 15) is 17.6 Å². The highest BCUT2D eigenvalue weighted by Gasteiger charge is 2.27. The molecule has 1 aliphatic heterocycles. The van der Waals surface area contributed by atoms with E-state index in [0.29, 0.717) is 37.2 Å². The molecule has 2 N–H and O–H groups in total. The van der Waals surface area contributed by atoms with Crippen LogP contribution in [0.25, 0.3) is 0 Å². The Morgan fingerprint density at radius 1 is 1.10 bits per heavy atom.